The minimum Gasteiger partial charge on any atom is -0.335 e. The van der Waals surface area contributed by atoms with Crippen LogP contribution in [0.4, 0.5) is 0 Å². The Balaban J connectivity index is 1.99. The molecule has 3 nitrogen and oxygen atoms in total. The fraction of sp³-hybridized carbons (Fsp3) is 0.357. The third kappa shape index (κ3) is 2.94. The fourth-order valence-corrected chi connectivity index (χ4v) is 2.07. The molecule has 2 aromatic rings. The lowest BCUT2D eigenvalue weighted by Gasteiger charge is -2.17. The molecule has 2 rings (SSSR count). The molecule has 1 aromatic carbocycles. The molecule has 90 valence electrons. The van der Waals surface area contributed by atoms with Crippen LogP contribution in [0, 0.1) is 6.92 Å². The summed E-state index contributed by atoms with van der Waals surface area (Å²) in [6, 6.07) is 11.0. The quantitative estimate of drug-likeness (QED) is 0.854. The number of hydrogen-bond donors (Lipinski definition) is 1. The van der Waals surface area contributed by atoms with Gasteiger partial charge < -0.3 is 9.88 Å². The molecule has 0 spiro atoms. The fourth-order valence-electron chi connectivity index (χ4n) is 2.07. The molecule has 1 N–H and O–H groups in total. The summed E-state index contributed by atoms with van der Waals surface area (Å²) in [5.74, 6) is 1.08. The third-order valence-corrected chi connectivity index (χ3v) is 3.13. The van der Waals surface area contributed by atoms with Crippen LogP contribution in [0.15, 0.2) is 42.7 Å². The summed E-state index contributed by atoms with van der Waals surface area (Å²) in [6.45, 7) is 3.03. The van der Waals surface area contributed by atoms with Crippen molar-refractivity contribution in [3.63, 3.8) is 0 Å². The molecule has 0 aliphatic rings. The molecule has 1 atom stereocenters. The molecular formula is C14H19N3. The topological polar surface area (TPSA) is 29.9 Å². The van der Waals surface area contributed by atoms with E-state index < -0.39 is 0 Å². The Morgan fingerprint density at radius 3 is 2.65 bits per heavy atom. The summed E-state index contributed by atoms with van der Waals surface area (Å²) in [5, 5.41) is 3.37. The second-order valence-corrected chi connectivity index (χ2v) is 4.21. The third-order valence-electron chi connectivity index (χ3n) is 3.13. The van der Waals surface area contributed by atoms with E-state index in [-0.39, 0.29) is 0 Å². The Labute approximate surface area is 103 Å². The number of aromatic nitrogens is 2. The van der Waals surface area contributed by atoms with Gasteiger partial charge in [0, 0.05) is 25.0 Å². The van der Waals surface area contributed by atoms with E-state index in [1.165, 1.54) is 5.56 Å². The number of rotatable bonds is 5. The lowest BCUT2D eigenvalue weighted by molar-refractivity contribution is 0.492. The molecular weight excluding hydrogens is 210 g/mol. The maximum Gasteiger partial charge on any atom is 0.105 e. The van der Waals surface area contributed by atoms with Crippen molar-refractivity contribution >= 4 is 0 Å². The standard InChI is InChI=1S/C14H19N3/c1-12-16-9-11-17(12)10-8-14(15-2)13-6-4-3-5-7-13/h3-7,9,11,14-15H,8,10H2,1-2H3. The van der Waals surface area contributed by atoms with Crippen molar-refractivity contribution in [2.24, 2.45) is 0 Å². The van der Waals surface area contributed by atoms with E-state index >= 15 is 0 Å². The van der Waals surface area contributed by atoms with Crippen molar-refractivity contribution in [3.8, 4) is 0 Å². The van der Waals surface area contributed by atoms with Crippen LogP contribution >= 0.6 is 0 Å². The van der Waals surface area contributed by atoms with Crippen LogP contribution in [0.1, 0.15) is 23.9 Å². The molecule has 0 bridgehead atoms. The van der Waals surface area contributed by atoms with E-state index in [1.807, 2.05) is 26.4 Å². The predicted octanol–water partition coefficient (Wildman–Crippen LogP) is 2.54. The zero-order chi connectivity index (χ0) is 12.1. The monoisotopic (exact) mass is 229 g/mol. The first-order valence-electron chi connectivity index (χ1n) is 6.01. The largest absolute Gasteiger partial charge is 0.335 e. The Kier molecular flexibility index (Phi) is 3.94. The number of hydrogen-bond acceptors (Lipinski definition) is 2. The van der Waals surface area contributed by atoms with Crippen molar-refractivity contribution in [1.29, 1.82) is 0 Å². The van der Waals surface area contributed by atoms with Gasteiger partial charge in [-0.25, -0.2) is 4.98 Å². The van der Waals surface area contributed by atoms with Crippen LogP contribution in [-0.4, -0.2) is 16.6 Å². The Hall–Kier alpha value is -1.61. The smallest absolute Gasteiger partial charge is 0.105 e. The summed E-state index contributed by atoms with van der Waals surface area (Å²) in [7, 11) is 2.01. The van der Waals surface area contributed by atoms with Gasteiger partial charge in [-0.1, -0.05) is 30.3 Å². The Morgan fingerprint density at radius 2 is 2.06 bits per heavy atom. The number of benzene rings is 1. The second kappa shape index (κ2) is 5.64. The minimum absolute atomic E-state index is 0.401. The van der Waals surface area contributed by atoms with Crippen LogP contribution in [0.3, 0.4) is 0 Å². The molecule has 0 amide bonds. The van der Waals surface area contributed by atoms with E-state index in [4.69, 9.17) is 0 Å². The minimum atomic E-state index is 0.401. The average molecular weight is 229 g/mol. The van der Waals surface area contributed by atoms with E-state index in [1.54, 1.807) is 0 Å². The molecule has 1 unspecified atom stereocenters. The summed E-state index contributed by atoms with van der Waals surface area (Å²) in [6.07, 6.45) is 4.96. The lowest BCUT2D eigenvalue weighted by atomic mass is 10.0. The molecule has 0 radical (unpaired) electrons. The summed E-state index contributed by atoms with van der Waals surface area (Å²) in [4.78, 5) is 4.24. The maximum atomic E-state index is 4.24. The zero-order valence-corrected chi connectivity index (χ0v) is 10.4. The van der Waals surface area contributed by atoms with Crippen LogP contribution in [0.5, 0.6) is 0 Å². The zero-order valence-electron chi connectivity index (χ0n) is 10.4. The normalized spacial score (nSPS) is 12.6. The Bertz CT molecular complexity index is 448. The molecule has 0 saturated carbocycles. The maximum absolute atomic E-state index is 4.24. The van der Waals surface area contributed by atoms with E-state index in [2.05, 4.69) is 45.2 Å². The molecule has 0 aliphatic heterocycles. The van der Waals surface area contributed by atoms with Crippen LogP contribution in [0.25, 0.3) is 0 Å². The highest BCUT2D eigenvalue weighted by molar-refractivity contribution is 5.18. The Morgan fingerprint density at radius 1 is 1.29 bits per heavy atom. The average Bonchev–Trinajstić information content (AvgIpc) is 2.77. The number of nitrogens with one attached hydrogen (secondary N) is 1. The van der Waals surface area contributed by atoms with Gasteiger partial charge in [-0.15, -0.1) is 0 Å². The van der Waals surface area contributed by atoms with Crippen LogP contribution in [0.2, 0.25) is 0 Å². The van der Waals surface area contributed by atoms with E-state index in [0.717, 1.165) is 18.8 Å². The number of aryl methyl sites for hydroxylation is 2. The number of imidazole rings is 1. The highest BCUT2D eigenvalue weighted by Crippen LogP contribution is 2.16. The van der Waals surface area contributed by atoms with Gasteiger partial charge in [0.1, 0.15) is 5.82 Å². The molecule has 0 aliphatic carbocycles. The van der Waals surface area contributed by atoms with Crippen molar-refractivity contribution in [3.05, 3.63) is 54.1 Å². The molecule has 0 fully saturated rings. The van der Waals surface area contributed by atoms with E-state index in [9.17, 15) is 0 Å². The second-order valence-electron chi connectivity index (χ2n) is 4.21. The van der Waals surface area contributed by atoms with Gasteiger partial charge in [0.15, 0.2) is 0 Å². The summed E-state index contributed by atoms with van der Waals surface area (Å²) in [5.41, 5.74) is 1.34. The van der Waals surface area contributed by atoms with Crippen molar-refractivity contribution < 1.29 is 0 Å². The summed E-state index contributed by atoms with van der Waals surface area (Å²) < 4.78 is 2.19. The van der Waals surface area contributed by atoms with Crippen molar-refractivity contribution in [1.82, 2.24) is 14.9 Å². The van der Waals surface area contributed by atoms with Gasteiger partial charge in [0.05, 0.1) is 0 Å². The highest BCUT2D eigenvalue weighted by atomic mass is 15.1. The van der Waals surface area contributed by atoms with Gasteiger partial charge >= 0.3 is 0 Å². The van der Waals surface area contributed by atoms with E-state index in [0.29, 0.717) is 6.04 Å². The first-order chi connectivity index (χ1) is 8.31. The van der Waals surface area contributed by atoms with Crippen LogP contribution in [-0.2, 0) is 6.54 Å². The molecule has 1 aromatic heterocycles. The first kappa shape index (κ1) is 11.9. The first-order valence-corrected chi connectivity index (χ1v) is 6.01. The van der Waals surface area contributed by atoms with Crippen molar-refractivity contribution in [2.45, 2.75) is 25.9 Å². The lowest BCUT2D eigenvalue weighted by Crippen LogP contribution is -2.18. The summed E-state index contributed by atoms with van der Waals surface area (Å²) >= 11 is 0. The van der Waals surface area contributed by atoms with Gasteiger partial charge in [-0.2, -0.15) is 0 Å². The number of nitrogens with zero attached hydrogens (tertiary/aromatic N) is 2. The van der Waals surface area contributed by atoms with Crippen LogP contribution < -0.4 is 5.32 Å². The molecule has 0 saturated heterocycles. The molecule has 3 heteroatoms. The SMILES string of the molecule is CNC(CCn1ccnc1C)c1ccccc1. The van der Waals surface area contributed by atoms with Crippen molar-refractivity contribution in [2.75, 3.05) is 7.05 Å². The molecule has 1 heterocycles. The predicted molar refractivity (Wildman–Crippen MR) is 69.8 cm³/mol. The van der Waals surface area contributed by atoms with Gasteiger partial charge in [0.25, 0.3) is 0 Å². The van der Waals surface area contributed by atoms with Gasteiger partial charge in [-0.05, 0) is 26.0 Å². The molecule has 17 heavy (non-hydrogen) atoms. The van der Waals surface area contributed by atoms with Gasteiger partial charge in [0.2, 0.25) is 0 Å². The highest BCUT2D eigenvalue weighted by Gasteiger charge is 2.08. The van der Waals surface area contributed by atoms with Gasteiger partial charge in [-0.3, -0.25) is 0 Å².